The van der Waals surface area contributed by atoms with E-state index < -0.39 is 12.0 Å². The quantitative estimate of drug-likeness (QED) is 0.816. The minimum atomic E-state index is -0.829. The van der Waals surface area contributed by atoms with Gasteiger partial charge in [-0.3, -0.25) is 14.6 Å². The number of benzene rings is 1. The fourth-order valence-corrected chi connectivity index (χ4v) is 3.56. The van der Waals surface area contributed by atoms with Crippen LogP contribution in [-0.4, -0.2) is 58.6 Å². The lowest BCUT2D eigenvalue weighted by atomic mass is 10.0. The smallest absolute Gasteiger partial charge is 0.325 e. The highest BCUT2D eigenvalue weighted by molar-refractivity contribution is 6.31. The predicted molar refractivity (Wildman–Crippen MR) is 96.5 cm³/mol. The van der Waals surface area contributed by atoms with Gasteiger partial charge in [-0.05, 0) is 25.1 Å². The maximum Gasteiger partial charge on any atom is 0.325 e. The molecule has 1 aromatic heterocycles. The third kappa shape index (κ3) is 3.48. The second-order valence-corrected chi connectivity index (χ2v) is 6.88. The zero-order chi connectivity index (χ0) is 17.3. The van der Waals surface area contributed by atoms with Gasteiger partial charge in [-0.1, -0.05) is 23.8 Å². The minimum Gasteiger partial charge on any atom is -0.480 e. The molecule has 128 valence electrons. The van der Waals surface area contributed by atoms with E-state index in [1.165, 1.54) is 0 Å². The second-order valence-electron chi connectivity index (χ2n) is 6.44. The fourth-order valence-electron chi connectivity index (χ4n) is 3.39. The summed E-state index contributed by atoms with van der Waals surface area (Å²) in [5.41, 5.74) is 2.81. The number of carboxylic acids is 1. The number of aromatic nitrogens is 1. The molecule has 1 fully saturated rings. The minimum absolute atomic E-state index is 0.610. The first-order valence-electron chi connectivity index (χ1n) is 8.06. The van der Waals surface area contributed by atoms with Gasteiger partial charge >= 0.3 is 5.97 Å². The molecule has 0 unspecified atom stereocenters. The number of halogens is 1. The van der Waals surface area contributed by atoms with E-state index in [9.17, 15) is 9.90 Å². The molecule has 1 aliphatic heterocycles. The number of fused-ring (bicyclic) bond motifs is 1. The number of aliphatic carboxylic acids is 1. The maximum atomic E-state index is 12.0. The van der Waals surface area contributed by atoms with Crippen LogP contribution >= 0.6 is 11.6 Å². The van der Waals surface area contributed by atoms with E-state index in [0.717, 1.165) is 54.8 Å². The number of carboxylic acid groups (broad SMARTS) is 1. The first kappa shape index (κ1) is 17.0. The number of aromatic amines is 1. The zero-order valence-electron chi connectivity index (χ0n) is 13.8. The fraction of sp³-hybridized carbons (Fsp3) is 0.389. The van der Waals surface area contributed by atoms with Gasteiger partial charge in [-0.2, -0.15) is 0 Å². The Hall–Kier alpha value is -1.82. The number of H-pyrrole nitrogens is 1. The largest absolute Gasteiger partial charge is 0.480 e. The molecule has 5 nitrogen and oxygen atoms in total. The molecule has 0 amide bonds. The monoisotopic (exact) mass is 347 g/mol. The molecular formula is C18H22ClN3O2. The van der Waals surface area contributed by atoms with E-state index in [4.69, 9.17) is 11.6 Å². The molecule has 0 radical (unpaired) electrons. The number of hydrogen-bond donors (Lipinski definition) is 2. The summed E-state index contributed by atoms with van der Waals surface area (Å²) in [6, 6.07) is 4.85. The number of hydrogen-bond acceptors (Lipinski definition) is 3. The standard InChI is InChI=1S/C18H22ClN3O2/c1-12(2)11-21-5-7-22(8-6-21)17(18(23)24)15-10-20-16-4-3-13(19)9-14(15)16/h3-4,9-10,17,20H,1,5-8,11H2,2H3,(H,23,24)/t17-/m0/s1. The Morgan fingerprint density at radius 2 is 2.08 bits per heavy atom. The summed E-state index contributed by atoms with van der Waals surface area (Å²) >= 11 is 6.10. The van der Waals surface area contributed by atoms with E-state index >= 15 is 0 Å². The summed E-state index contributed by atoms with van der Waals surface area (Å²) in [6.45, 7) is 9.97. The average molecular weight is 348 g/mol. The van der Waals surface area contributed by atoms with Crippen LogP contribution in [0.5, 0.6) is 0 Å². The van der Waals surface area contributed by atoms with Crippen molar-refractivity contribution in [2.45, 2.75) is 13.0 Å². The van der Waals surface area contributed by atoms with Crippen molar-refractivity contribution >= 4 is 28.5 Å². The zero-order valence-corrected chi connectivity index (χ0v) is 14.5. The van der Waals surface area contributed by atoms with Gasteiger partial charge in [0.25, 0.3) is 0 Å². The normalized spacial score (nSPS) is 17.9. The molecule has 1 atom stereocenters. The van der Waals surface area contributed by atoms with Gasteiger partial charge in [-0.15, -0.1) is 0 Å². The lowest BCUT2D eigenvalue weighted by molar-refractivity contribution is -0.144. The lowest BCUT2D eigenvalue weighted by Crippen LogP contribution is -2.49. The third-order valence-electron chi connectivity index (χ3n) is 4.47. The highest BCUT2D eigenvalue weighted by Crippen LogP contribution is 2.31. The second kappa shape index (κ2) is 6.97. The topological polar surface area (TPSA) is 59.6 Å². The Balaban J connectivity index is 1.84. The van der Waals surface area contributed by atoms with E-state index in [0.29, 0.717) is 5.02 Å². The summed E-state index contributed by atoms with van der Waals surface area (Å²) in [5.74, 6) is -0.829. The van der Waals surface area contributed by atoms with Crippen LogP contribution in [0.3, 0.4) is 0 Å². The van der Waals surface area contributed by atoms with Crippen molar-refractivity contribution in [1.29, 1.82) is 0 Å². The van der Waals surface area contributed by atoms with Crippen molar-refractivity contribution < 1.29 is 9.90 Å². The van der Waals surface area contributed by atoms with Crippen molar-refractivity contribution in [3.8, 4) is 0 Å². The molecule has 0 bridgehead atoms. The summed E-state index contributed by atoms with van der Waals surface area (Å²) < 4.78 is 0. The SMILES string of the molecule is C=C(C)CN1CCN([C@H](C(=O)O)c2c[nH]c3ccc(Cl)cc23)CC1. The Labute approximate surface area is 146 Å². The van der Waals surface area contributed by atoms with Gasteiger partial charge in [0.1, 0.15) is 6.04 Å². The van der Waals surface area contributed by atoms with Crippen LogP contribution in [-0.2, 0) is 4.79 Å². The number of nitrogens with zero attached hydrogens (tertiary/aromatic N) is 2. The van der Waals surface area contributed by atoms with Gasteiger partial charge < -0.3 is 10.1 Å². The lowest BCUT2D eigenvalue weighted by Gasteiger charge is -2.37. The Morgan fingerprint density at radius 1 is 1.38 bits per heavy atom. The molecule has 2 heterocycles. The Bertz CT molecular complexity index is 763. The van der Waals surface area contributed by atoms with Gasteiger partial charge in [0.05, 0.1) is 0 Å². The highest BCUT2D eigenvalue weighted by Gasteiger charge is 2.32. The maximum absolute atomic E-state index is 12.0. The molecule has 1 aliphatic rings. The molecule has 0 saturated carbocycles. The highest BCUT2D eigenvalue weighted by atomic mass is 35.5. The first-order valence-corrected chi connectivity index (χ1v) is 8.43. The number of rotatable bonds is 5. The number of carbonyl (C=O) groups is 1. The Morgan fingerprint density at radius 3 is 2.71 bits per heavy atom. The van der Waals surface area contributed by atoms with Crippen molar-refractivity contribution in [2.75, 3.05) is 32.7 Å². The molecule has 6 heteroatoms. The molecule has 0 aliphatic carbocycles. The first-order chi connectivity index (χ1) is 11.5. The van der Waals surface area contributed by atoms with Gasteiger partial charge in [0.2, 0.25) is 0 Å². The molecule has 24 heavy (non-hydrogen) atoms. The van der Waals surface area contributed by atoms with Crippen LogP contribution in [0.1, 0.15) is 18.5 Å². The molecule has 1 aromatic carbocycles. The van der Waals surface area contributed by atoms with Gasteiger partial charge in [0.15, 0.2) is 0 Å². The van der Waals surface area contributed by atoms with E-state index in [1.54, 1.807) is 12.3 Å². The molecule has 0 spiro atoms. The van der Waals surface area contributed by atoms with E-state index in [1.807, 2.05) is 24.0 Å². The van der Waals surface area contributed by atoms with Gasteiger partial charge in [-0.25, -0.2) is 0 Å². The summed E-state index contributed by atoms with van der Waals surface area (Å²) in [6.07, 6.45) is 1.79. The van der Waals surface area contributed by atoms with Crippen LogP contribution in [0.15, 0.2) is 36.5 Å². The van der Waals surface area contributed by atoms with Crippen LogP contribution in [0.25, 0.3) is 10.9 Å². The molecule has 2 N–H and O–H groups in total. The number of nitrogens with one attached hydrogen (secondary N) is 1. The third-order valence-corrected chi connectivity index (χ3v) is 4.70. The van der Waals surface area contributed by atoms with Crippen LogP contribution < -0.4 is 0 Å². The van der Waals surface area contributed by atoms with Gasteiger partial charge in [0, 0.05) is 60.4 Å². The van der Waals surface area contributed by atoms with Crippen LogP contribution in [0, 0.1) is 0 Å². The summed E-state index contributed by atoms with van der Waals surface area (Å²) in [5, 5.41) is 11.3. The molecule has 2 aromatic rings. The summed E-state index contributed by atoms with van der Waals surface area (Å²) in [7, 11) is 0. The Kier molecular flexibility index (Phi) is 4.94. The predicted octanol–water partition coefficient (Wildman–Crippen LogP) is 3.14. The van der Waals surface area contributed by atoms with Crippen molar-refractivity contribution in [1.82, 2.24) is 14.8 Å². The number of piperazine rings is 1. The van der Waals surface area contributed by atoms with Crippen LogP contribution in [0.4, 0.5) is 0 Å². The molecule has 3 rings (SSSR count). The van der Waals surface area contributed by atoms with Crippen LogP contribution in [0.2, 0.25) is 5.02 Å². The van der Waals surface area contributed by atoms with Crippen molar-refractivity contribution in [2.24, 2.45) is 0 Å². The van der Waals surface area contributed by atoms with Crippen molar-refractivity contribution in [3.63, 3.8) is 0 Å². The van der Waals surface area contributed by atoms with Crippen molar-refractivity contribution in [3.05, 3.63) is 47.1 Å². The van der Waals surface area contributed by atoms with E-state index in [-0.39, 0.29) is 0 Å². The average Bonchev–Trinajstić information content (AvgIpc) is 2.91. The van der Waals surface area contributed by atoms with E-state index in [2.05, 4.69) is 16.5 Å². The molecular weight excluding hydrogens is 326 g/mol. The molecule has 1 saturated heterocycles. The summed E-state index contributed by atoms with van der Waals surface area (Å²) in [4.78, 5) is 19.5.